The van der Waals surface area contributed by atoms with E-state index in [4.69, 9.17) is 4.74 Å². The van der Waals surface area contributed by atoms with Gasteiger partial charge in [0.25, 0.3) is 5.91 Å². The standard InChI is InChI=1S/C22H22N4O2/c1-15-23-20(13-21(24-15)25-17-7-8-17)22(27)26-18-9-11-19(12-10-18)28-14-16-5-3-2-4-6-16/h2-6,9-13,17H,7-8,14H2,1H3,(H,26,27)(H,23,24,25). The lowest BCUT2D eigenvalue weighted by Gasteiger charge is -2.10. The zero-order valence-corrected chi connectivity index (χ0v) is 15.7. The number of hydrogen-bond donors (Lipinski definition) is 2. The van der Waals surface area contributed by atoms with Gasteiger partial charge in [0.05, 0.1) is 0 Å². The first kappa shape index (κ1) is 18.0. The molecule has 1 fully saturated rings. The fourth-order valence-electron chi connectivity index (χ4n) is 2.77. The van der Waals surface area contributed by atoms with Crippen LogP contribution in [-0.4, -0.2) is 21.9 Å². The van der Waals surface area contributed by atoms with Crippen LogP contribution in [0.1, 0.15) is 34.7 Å². The number of hydrogen-bond acceptors (Lipinski definition) is 5. The van der Waals surface area contributed by atoms with E-state index in [9.17, 15) is 4.79 Å². The molecule has 1 saturated carbocycles. The normalized spacial score (nSPS) is 13.0. The van der Waals surface area contributed by atoms with E-state index in [1.807, 2.05) is 54.6 Å². The van der Waals surface area contributed by atoms with Crippen molar-refractivity contribution in [2.45, 2.75) is 32.4 Å². The fourth-order valence-corrected chi connectivity index (χ4v) is 2.77. The van der Waals surface area contributed by atoms with Crippen molar-refractivity contribution in [3.8, 4) is 5.75 Å². The highest BCUT2D eigenvalue weighted by Gasteiger charge is 2.22. The SMILES string of the molecule is Cc1nc(NC2CC2)cc(C(=O)Nc2ccc(OCc3ccccc3)cc2)n1. The summed E-state index contributed by atoms with van der Waals surface area (Å²) in [5.41, 5.74) is 2.14. The van der Waals surface area contributed by atoms with E-state index in [-0.39, 0.29) is 5.91 Å². The zero-order valence-electron chi connectivity index (χ0n) is 15.7. The molecule has 6 nitrogen and oxygen atoms in total. The van der Waals surface area contributed by atoms with Gasteiger partial charge in [-0.15, -0.1) is 0 Å². The molecule has 2 N–H and O–H groups in total. The summed E-state index contributed by atoms with van der Waals surface area (Å²) in [7, 11) is 0. The molecule has 0 unspecified atom stereocenters. The van der Waals surface area contributed by atoms with Gasteiger partial charge in [-0.05, 0) is 49.6 Å². The molecule has 1 amide bonds. The highest BCUT2D eigenvalue weighted by molar-refractivity contribution is 6.03. The summed E-state index contributed by atoms with van der Waals surface area (Å²) in [6.45, 7) is 2.29. The Morgan fingerprint density at radius 2 is 1.82 bits per heavy atom. The topological polar surface area (TPSA) is 76.1 Å². The fraction of sp³-hybridized carbons (Fsp3) is 0.227. The molecule has 0 saturated heterocycles. The molecule has 0 atom stereocenters. The van der Waals surface area contributed by atoms with Gasteiger partial charge in [-0.2, -0.15) is 0 Å². The Bertz CT molecular complexity index is 954. The Kier molecular flexibility index (Phi) is 5.19. The average Bonchev–Trinajstić information content (AvgIpc) is 3.52. The number of nitrogens with one attached hydrogen (secondary N) is 2. The highest BCUT2D eigenvalue weighted by Crippen LogP contribution is 2.24. The maximum atomic E-state index is 12.6. The van der Waals surface area contributed by atoms with Crippen LogP contribution in [0.2, 0.25) is 0 Å². The van der Waals surface area contributed by atoms with Gasteiger partial charge in [-0.1, -0.05) is 30.3 Å². The second kappa shape index (κ2) is 8.08. The molecule has 0 spiro atoms. The van der Waals surface area contributed by atoms with Crippen LogP contribution in [0, 0.1) is 6.92 Å². The lowest BCUT2D eigenvalue weighted by atomic mass is 10.2. The molecule has 142 valence electrons. The number of carbonyl (C=O) groups is 1. The molecule has 2 aromatic carbocycles. The number of ether oxygens (including phenoxy) is 1. The lowest BCUT2D eigenvalue weighted by Crippen LogP contribution is -2.16. The van der Waals surface area contributed by atoms with Crippen LogP contribution in [0.3, 0.4) is 0 Å². The third kappa shape index (κ3) is 4.85. The van der Waals surface area contributed by atoms with Gasteiger partial charge < -0.3 is 15.4 Å². The number of aromatic nitrogens is 2. The summed E-state index contributed by atoms with van der Waals surface area (Å²) >= 11 is 0. The van der Waals surface area contributed by atoms with E-state index in [2.05, 4.69) is 20.6 Å². The third-order valence-corrected chi connectivity index (χ3v) is 4.36. The number of nitrogens with zero attached hydrogens (tertiary/aromatic N) is 2. The van der Waals surface area contributed by atoms with Crippen molar-refractivity contribution < 1.29 is 9.53 Å². The predicted octanol–water partition coefficient (Wildman–Crippen LogP) is 4.19. The van der Waals surface area contributed by atoms with E-state index in [1.165, 1.54) is 0 Å². The van der Waals surface area contributed by atoms with Crippen molar-refractivity contribution in [3.63, 3.8) is 0 Å². The van der Waals surface area contributed by atoms with Crippen molar-refractivity contribution in [1.82, 2.24) is 9.97 Å². The quantitative estimate of drug-likeness (QED) is 0.648. The monoisotopic (exact) mass is 374 g/mol. The molecule has 0 radical (unpaired) electrons. The van der Waals surface area contributed by atoms with Crippen LogP contribution in [0.25, 0.3) is 0 Å². The Hall–Kier alpha value is -3.41. The Morgan fingerprint density at radius 3 is 2.54 bits per heavy atom. The van der Waals surface area contributed by atoms with Gasteiger partial charge in [0.15, 0.2) is 0 Å². The number of rotatable bonds is 7. The van der Waals surface area contributed by atoms with Crippen molar-refractivity contribution in [1.29, 1.82) is 0 Å². The largest absolute Gasteiger partial charge is 0.489 e. The number of amides is 1. The van der Waals surface area contributed by atoms with Gasteiger partial charge in [-0.25, -0.2) is 9.97 Å². The number of aryl methyl sites for hydroxylation is 1. The first-order valence-corrected chi connectivity index (χ1v) is 9.36. The molecule has 0 bridgehead atoms. The smallest absolute Gasteiger partial charge is 0.274 e. The minimum absolute atomic E-state index is 0.262. The molecule has 28 heavy (non-hydrogen) atoms. The van der Waals surface area contributed by atoms with Crippen LogP contribution in [0.15, 0.2) is 60.7 Å². The first-order valence-electron chi connectivity index (χ1n) is 9.36. The van der Waals surface area contributed by atoms with Crippen molar-refractivity contribution >= 4 is 17.4 Å². The van der Waals surface area contributed by atoms with Gasteiger partial charge in [0, 0.05) is 17.8 Å². The van der Waals surface area contributed by atoms with Crippen LogP contribution in [-0.2, 0) is 6.61 Å². The second-order valence-electron chi connectivity index (χ2n) is 6.86. The maximum Gasteiger partial charge on any atom is 0.274 e. The molecule has 1 aliphatic carbocycles. The van der Waals surface area contributed by atoms with E-state index >= 15 is 0 Å². The van der Waals surface area contributed by atoms with Crippen LogP contribution in [0.4, 0.5) is 11.5 Å². The highest BCUT2D eigenvalue weighted by atomic mass is 16.5. The summed E-state index contributed by atoms with van der Waals surface area (Å²) < 4.78 is 5.77. The van der Waals surface area contributed by atoms with Gasteiger partial charge in [0.1, 0.15) is 29.7 Å². The number of benzene rings is 2. The molecular weight excluding hydrogens is 352 g/mol. The Morgan fingerprint density at radius 1 is 1.07 bits per heavy atom. The summed E-state index contributed by atoms with van der Waals surface area (Å²) in [4.78, 5) is 21.1. The summed E-state index contributed by atoms with van der Waals surface area (Å²) in [5.74, 6) is 1.75. The first-order chi connectivity index (χ1) is 13.7. The van der Waals surface area contributed by atoms with Gasteiger partial charge in [0.2, 0.25) is 0 Å². The zero-order chi connectivity index (χ0) is 19.3. The van der Waals surface area contributed by atoms with Crippen LogP contribution in [0.5, 0.6) is 5.75 Å². The van der Waals surface area contributed by atoms with E-state index in [0.29, 0.717) is 35.7 Å². The molecule has 0 aliphatic heterocycles. The molecule has 6 heteroatoms. The molecule has 3 aromatic rings. The molecule has 1 heterocycles. The molecule has 4 rings (SSSR count). The van der Waals surface area contributed by atoms with E-state index in [1.54, 1.807) is 13.0 Å². The summed E-state index contributed by atoms with van der Waals surface area (Å²) in [6.07, 6.45) is 2.28. The predicted molar refractivity (Wildman–Crippen MR) is 109 cm³/mol. The Labute approximate surface area is 164 Å². The van der Waals surface area contributed by atoms with E-state index < -0.39 is 0 Å². The lowest BCUT2D eigenvalue weighted by molar-refractivity contribution is 0.102. The third-order valence-electron chi connectivity index (χ3n) is 4.36. The van der Waals surface area contributed by atoms with E-state index in [0.717, 1.165) is 24.2 Å². The van der Waals surface area contributed by atoms with Crippen LogP contribution < -0.4 is 15.4 Å². The molecule has 1 aliphatic rings. The summed E-state index contributed by atoms with van der Waals surface area (Å²) in [5, 5.41) is 6.17. The van der Waals surface area contributed by atoms with Crippen molar-refractivity contribution in [2.24, 2.45) is 0 Å². The van der Waals surface area contributed by atoms with Crippen molar-refractivity contribution in [2.75, 3.05) is 10.6 Å². The van der Waals surface area contributed by atoms with Crippen molar-refractivity contribution in [3.05, 3.63) is 77.7 Å². The Balaban J connectivity index is 1.37. The minimum atomic E-state index is -0.262. The van der Waals surface area contributed by atoms with Crippen LogP contribution >= 0.6 is 0 Å². The average molecular weight is 374 g/mol. The second-order valence-corrected chi connectivity index (χ2v) is 6.86. The van der Waals surface area contributed by atoms with Gasteiger partial charge >= 0.3 is 0 Å². The number of carbonyl (C=O) groups excluding carboxylic acids is 1. The minimum Gasteiger partial charge on any atom is -0.489 e. The molecular formula is C22H22N4O2. The summed E-state index contributed by atoms with van der Waals surface area (Å²) in [6, 6.07) is 19.4. The molecule has 1 aromatic heterocycles. The number of anilines is 2. The van der Waals surface area contributed by atoms with Gasteiger partial charge in [-0.3, -0.25) is 4.79 Å². The maximum absolute atomic E-state index is 12.6.